The number of carbonyl (C=O) groups excluding carboxylic acids is 2. The fourth-order valence-corrected chi connectivity index (χ4v) is 3.24. The van der Waals surface area contributed by atoms with E-state index in [1.807, 2.05) is 30.3 Å². The first kappa shape index (κ1) is 19.1. The largest absolute Gasteiger partial charge is 0.466 e. The van der Waals surface area contributed by atoms with Gasteiger partial charge >= 0.3 is 12.0 Å². The third-order valence-electron chi connectivity index (χ3n) is 4.63. The molecule has 0 radical (unpaired) electrons. The number of nitro groups is 1. The Bertz CT molecular complexity index is 955. The molecule has 0 fully saturated rings. The molecule has 1 heterocycles. The van der Waals surface area contributed by atoms with E-state index < -0.39 is 23.0 Å². The number of allylic oxidation sites excluding steroid dienone is 1. The van der Waals surface area contributed by atoms with Gasteiger partial charge in [-0.05, 0) is 18.6 Å². The number of para-hydroxylation sites is 1. The summed E-state index contributed by atoms with van der Waals surface area (Å²) in [6.07, 6.45) is 0. The Balaban J connectivity index is 2.09. The molecule has 2 aromatic carbocycles. The van der Waals surface area contributed by atoms with Crippen molar-refractivity contribution in [1.29, 1.82) is 0 Å². The van der Waals surface area contributed by atoms with E-state index in [1.54, 1.807) is 13.0 Å². The van der Waals surface area contributed by atoms with Gasteiger partial charge in [0.25, 0.3) is 5.69 Å². The van der Waals surface area contributed by atoms with Gasteiger partial charge < -0.3 is 10.1 Å². The number of urea groups is 1. The summed E-state index contributed by atoms with van der Waals surface area (Å²) in [6.45, 7) is 1.89. The van der Waals surface area contributed by atoms with Gasteiger partial charge in [0.1, 0.15) is 0 Å². The lowest BCUT2D eigenvalue weighted by atomic mass is 9.93. The number of nitrogens with one attached hydrogen (secondary N) is 1. The second-order valence-corrected chi connectivity index (χ2v) is 6.26. The van der Waals surface area contributed by atoms with Gasteiger partial charge in [0, 0.05) is 11.8 Å². The monoisotopic (exact) mass is 381 g/mol. The Hall–Kier alpha value is -3.68. The Morgan fingerprint density at radius 1 is 1.18 bits per heavy atom. The first-order valence-electron chi connectivity index (χ1n) is 8.58. The lowest BCUT2D eigenvalue weighted by Crippen LogP contribution is -2.47. The minimum absolute atomic E-state index is 0.160. The van der Waals surface area contributed by atoms with Gasteiger partial charge in [0.15, 0.2) is 0 Å². The number of hydrogen-bond donors (Lipinski definition) is 1. The van der Waals surface area contributed by atoms with Crippen LogP contribution in [0.15, 0.2) is 65.9 Å². The van der Waals surface area contributed by atoms with Crippen LogP contribution in [0.1, 0.15) is 24.1 Å². The van der Waals surface area contributed by atoms with Gasteiger partial charge in [-0.15, -0.1) is 0 Å². The van der Waals surface area contributed by atoms with Gasteiger partial charge in [0.2, 0.25) is 0 Å². The molecule has 2 amide bonds. The van der Waals surface area contributed by atoms with Crippen molar-refractivity contribution in [2.45, 2.75) is 19.5 Å². The molecule has 1 aliphatic rings. The first-order valence-corrected chi connectivity index (χ1v) is 8.58. The average Bonchev–Trinajstić information content (AvgIpc) is 2.71. The molecule has 0 saturated heterocycles. The highest BCUT2D eigenvalue weighted by atomic mass is 16.6. The van der Waals surface area contributed by atoms with Crippen LogP contribution in [0.2, 0.25) is 0 Å². The van der Waals surface area contributed by atoms with Crippen molar-refractivity contribution in [2.24, 2.45) is 0 Å². The summed E-state index contributed by atoms with van der Waals surface area (Å²) in [5.74, 6) is -0.654. The summed E-state index contributed by atoms with van der Waals surface area (Å²) < 4.78 is 4.90. The smallest absolute Gasteiger partial charge is 0.337 e. The number of nitro benzene ring substituents is 1. The highest BCUT2D eigenvalue weighted by Gasteiger charge is 2.38. The highest BCUT2D eigenvalue weighted by Crippen LogP contribution is 2.36. The van der Waals surface area contributed by atoms with E-state index in [0.717, 1.165) is 5.56 Å². The molecule has 8 heteroatoms. The van der Waals surface area contributed by atoms with Crippen LogP contribution >= 0.6 is 0 Å². The summed E-state index contributed by atoms with van der Waals surface area (Å²) in [7, 11) is 1.23. The minimum Gasteiger partial charge on any atom is -0.466 e. The molecule has 2 aromatic rings. The zero-order valence-electron chi connectivity index (χ0n) is 15.4. The molecule has 0 aliphatic carbocycles. The number of hydrogen-bond acceptors (Lipinski definition) is 5. The van der Waals surface area contributed by atoms with Crippen LogP contribution in [-0.4, -0.2) is 28.9 Å². The molecule has 28 heavy (non-hydrogen) atoms. The quantitative estimate of drug-likeness (QED) is 0.486. The van der Waals surface area contributed by atoms with E-state index in [1.165, 1.54) is 30.2 Å². The lowest BCUT2D eigenvalue weighted by molar-refractivity contribution is -0.385. The molecular formula is C20H19N3O5. The van der Waals surface area contributed by atoms with E-state index >= 15 is 0 Å². The number of ether oxygens (including phenoxy) is 1. The van der Waals surface area contributed by atoms with Crippen molar-refractivity contribution < 1.29 is 19.2 Å². The number of methoxy groups -OCH3 is 1. The fraction of sp³-hybridized carbons (Fsp3) is 0.200. The molecule has 3 rings (SSSR count). The molecule has 1 aliphatic heterocycles. The van der Waals surface area contributed by atoms with E-state index in [-0.39, 0.29) is 23.4 Å². The number of carbonyl (C=O) groups is 2. The van der Waals surface area contributed by atoms with Gasteiger partial charge in [-0.1, -0.05) is 42.5 Å². The van der Waals surface area contributed by atoms with Crippen LogP contribution < -0.4 is 5.32 Å². The minimum atomic E-state index is -0.978. The van der Waals surface area contributed by atoms with Gasteiger partial charge in [-0.3, -0.25) is 15.0 Å². The SMILES string of the molecule is COC(=O)C1=C(C)N(Cc2ccccc2)C(=O)N[C@@H]1c1ccccc1[N+](=O)[O-]. The maximum Gasteiger partial charge on any atom is 0.337 e. The van der Waals surface area contributed by atoms with Gasteiger partial charge in [-0.25, -0.2) is 9.59 Å². The highest BCUT2D eigenvalue weighted by molar-refractivity contribution is 5.95. The molecule has 0 unspecified atom stereocenters. The topological polar surface area (TPSA) is 102 Å². The lowest BCUT2D eigenvalue weighted by Gasteiger charge is -2.35. The predicted molar refractivity (Wildman–Crippen MR) is 101 cm³/mol. The second kappa shape index (κ2) is 7.91. The average molecular weight is 381 g/mol. The maximum absolute atomic E-state index is 12.8. The molecule has 8 nitrogen and oxygen atoms in total. The van der Waals surface area contributed by atoms with Crippen molar-refractivity contribution in [2.75, 3.05) is 7.11 Å². The van der Waals surface area contributed by atoms with E-state index in [0.29, 0.717) is 5.70 Å². The van der Waals surface area contributed by atoms with Crippen LogP contribution in [0, 0.1) is 10.1 Å². The van der Waals surface area contributed by atoms with Gasteiger partial charge in [-0.2, -0.15) is 0 Å². The van der Waals surface area contributed by atoms with Crippen molar-refractivity contribution in [3.8, 4) is 0 Å². The normalized spacial score (nSPS) is 16.6. The molecule has 0 bridgehead atoms. The van der Waals surface area contributed by atoms with Crippen molar-refractivity contribution >= 4 is 17.7 Å². The number of amides is 2. The molecule has 1 N–H and O–H groups in total. The molecule has 0 spiro atoms. The summed E-state index contributed by atoms with van der Waals surface area (Å²) in [6, 6.07) is 13.9. The number of nitrogens with zero attached hydrogens (tertiary/aromatic N) is 2. The Kier molecular flexibility index (Phi) is 5.39. The van der Waals surface area contributed by atoms with E-state index in [9.17, 15) is 19.7 Å². The molecule has 0 aromatic heterocycles. The summed E-state index contributed by atoms with van der Waals surface area (Å²) in [5.41, 5.74) is 1.47. The summed E-state index contributed by atoms with van der Waals surface area (Å²) in [5, 5.41) is 14.1. The Morgan fingerprint density at radius 3 is 2.46 bits per heavy atom. The number of rotatable bonds is 5. The third kappa shape index (κ3) is 3.57. The van der Waals surface area contributed by atoms with Crippen molar-refractivity contribution in [1.82, 2.24) is 10.2 Å². The number of esters is 1. The fourth-order valence-electron chi connectivity index (χ4n) is 3.24. The molecule has 144 valence electrons. The van der Waals surface area contributed by atoms with E-state index in [2.05, 4.69) is 5.32 Å². The van der Waals surface area contributed by atoms with Gasteiger partial charge in [0.05, 0.1) is 35.8 Å². The first-order chi connectivity index (χ1) is 13.4. The van der Waals surface area contributed by atoms with Crippen LogP contribution in [0.5, 0.6) is 0 Å². The van der Waals surface area contributed by atoms with Crippen LogP contribution in [0.25, 0.3) is 0 Å². The third-order valence-corrected chi connectivity index (χ3v) is 4.63. The van der Waals surface area contributed by atoms with Crippen molar-refractivity contribution in [3.63, 3.8) is 0 Å². The van der Waals surface area contributed by atoms with Crippen molar-refractivity contribution in [3.05, 3.63) is 87.1 Å². The van der Waals surface area contributed by atoms with Crippen LogP contribution in [-0.2, 0) is 16.1 Å². The Labute approximate surface area is 161 Å². The summed E-state index contributed by atoms with van der Waals surface area (Å²) >= 11 is 0. The number of benzene rings is 2. The summed E-state index contributed by atoms with van der Waals surface area (Å²) in [4.78, 5) is 37.6. The van der Waals surface area contributed by atoms with Crippen LogP contribution in [0.4, 0.5) is 10.5 Å². The standard InChI is InChI=1S/C20H19N3O5/c1-13-17(19(24)28-2)18(15-10-6-7-11-16(15)23(26)27)21-20(25)22(13)12-14-8-4-3-5-9-14/h3-11,18H,12H2,1-2H3,(H,21,25)/t18-/m1/s1. The Morgan fingerprint density at radius 2 is 1.82 bits per heavy atom. The predicted octanol–water partition coefficient (Wildman–Crippen LogP) is 3.31. The maximum atomic E-state index is 12.8. The second-order valence-electron chi connectivity index (χ2n) is 6.26. The molecule has 1 atom stereocenters. The molecule has 0 saturated carbocycles. The zero-order chi connectivity index (χ0) is 20.3. The molecular weight excluding hydrogens is 362 g/mol. The van der Waals surface area contributed by atoms with Crippen LogP contribution in [0.3, 0.4) is 0 Å². The van der Waals surface area contributed by atoms with E-state index in [4.69, 9.17) is 4.74 Å². The zero-order valence-corrected chi connectivity index (χ0v) is 15.4.